The van der Waals surface area contributed by atoms with E-state index in [1.54, 1.807) is 14.0 Å². The number of methoxy groups -OCH3 is 1. The number of carbonyl (C=O) groups excluding carboxylic acids is 1. The summed E-state index contributed by atoms with van der Waals surface area (Å²) in [4.78, 5) is 12.4. The van der Waals surface area contributed by atoms with Gasteiger partial charge < -0.3 is 19.5 Å². The molecule has 2 rings (SSSR count). The second kappa shape index (κ2) is 9.51. The monoisotopic (exact) mass is 391 g/mol. The summed E-state index contributed by atoms with van der Waals surface area (Å²) in [5.41, 5.74) is 1.83. The van der Waals surface area contributed by atoms with Gasteiger partial charge in [0, 0.05) is 5.02 Å². The van der Waals surface area contributed by atoms with Crippen LogP contribution in [-0.2, 0) is 4.79 Å². The lowest BCUT2D eigenvalue weighted by Crippen LogP contribution is -2.43. The SMILES string of the molecule is COc1ccc(OC[C@@H](C)NC(=O)[C@H](C)Oc2cc(C)c(Cl)c(C)c2)cc1. The molecule has 0 unspecified atom stereocenters. The van der Waals surface area contributed by atoms with Crippen LogP contribution in [0.15, 0.2) is 36.4 Å². The lowest BCUT2D eigenvalue weighted by atomic mass is 10.1. The van der Waals surface area contributed by atoms with Crippen molar-refractivity contribution in [2.45, 2.75) is 39.8 Å². The lowest BCUT2D eigenvalue weighted by Gasteiger charge is -2.20. The number of nitrogens with one attached hydrogen (secondary N) is 1. The Bertz CT molecular complexity index is 753. The van der Waals surface area contributed by atoms with Gasteiger partial charge in [-0.25, -0.2) is 0 Å². The minimum atomic E-state index is -0.631. The smallest absolute Gasteiger partial charge is 0.261 e. The molecular formula is C21H26ClNO4. The van der Waals surface area contributed by atoms with E-state index in [1.807, 2.05) is 57.2 Å². The van der Waals surface area contributed by atoms with Gasteiger partial charge in [-0.15, -0.1) is 0 Å². The van der Waals surface area contributed by atoms with Gasteiger partial charge in [-0.3, -0.25) is 4.79 Å². The van der Waals surface area contributed by atoms with Crippen LogP contribution in [0.5, 0.6) is 17.2 Å². The Morgan fingerprint density at radius 1 is 1.04 bits per heavy atom. The quantitative estimate of drug-likeness (QED) is 0.728. The second-order valence-electron chi connectivity index (χ2n) is 6.53. The molecule has 6 heteroatoms. The highest BCUT2D eigenvalue weighted by Crippen LogP contribution is 2.26. The second-order valence-corrected chi connectivity index (χ2v) is 6.91. The van der Waals surface area contributed by atoms with E-state index in [4.69, 9.17) is 25.8 Å². The van der Waals surface area contributed by atoms with E-state index >= 15 is 0 Å². The van der Waals surface area contributed by atoms with Crippen molar-refractivity contribution in [1.29, 1.82) is 0 Å². The fourth-order valence-corrected chi connectivity index (χ4v) is 2.64. The highest BCUT2D eigenvalue weighted by molar-refractivity contribution is 6.32. The molecule has 2 aromatic rings. The minimum Gasteiger partial charge on any atom is -0.497 e. The molecule has 0 saturated heterocycles. The molecular weight excluding hydrogens is 366 g/mol. The van der Waals surface area contributed by atoms with Gasteiger partial charge >= 0.3 is 0 Å². The van der Waals surface area contributed by atoms with Gasteiger partial charge in [-0.05, 0) is 75.2 Å². The Hall–Kier alpha value is -2.40. The molecule has 0 heterocycles. The number of benzene rings is 2. The first-order chi connectivity index (χ1) is 12.8. The summed E-state index contributed by atoms with van der Waals surface area (Å²) in [6.45, 7) is 7.76. The molecule has 0 saturated carbocycles. The van der Waals surface area contributed by atoms with Gasteiger partial charge in [-0.1, -0.05) is 11.6 Å². The highest BCUT2D eigenvalue weighted by atomic mass is 35.5. The molecule has 146 valence electrons. The van der Waals surface area contributed by atoms with Crippen LogP contribution < -0.4 is 19.5 Å². The van der Waals surface area contributed by atoms with Crippen molar-refractivity contribution in [2.75, 3.05) is 13.7 Å². The van der Waals surface area contributed by atoms with Crippen LogP contribution in [0.1, 0.15) is 25.0 Å². The van der Waals surface area contributed by atoms with Crippen molar-refractivity contribution in [3.8, 4) is 17.2 Å². The van der Waals surface area contributed by atoms with E-state index in [0.29, 0.717) is 23.1 Å². The maximum absolute atomic E-state index is 12.4. The van der Waals surface area contributed by atoms with Crippen LogP contribution in [0.3, 0.4) is 0 Å². The Kier molecular flexibility index (Phi) is 7.36. The number of hydrogen-bond donors (Lipinski definition) is 1. The third-order valence-corrected chi connectivity index (χ3v) is 4.64. The fourth-order valence-electron chi connectivity index (χ4n) is 2.53. The molecule has 0 radical (unpaired) electrons. The molecule has 0 spiro atoms. The molecule has 1 N–H and O–H groups in total. The van der Waals surface area contributed by atoms with E-state index in [1.165, 1.54) is 0 Å². The van der Waals surface area contributed by atoms with Gasteiger partial charge in [0.05, 0.1) is 13.2 Å². The predicted molar refractivity (Wildman–Crippen MR) is 107 cm³/mol. The van der Waals surface area contributed by atoms with E-state index in [0.717, 1.165) is 16.9 Å². The molecule has 2 atom stereocenters. The summed E-state index contributed by atoms with van der Waals surface area (Å²) in [6.07, 6.45) is -0.631. The zero-order chi connectivity index (χ0) is 20.0. The largest absolute Gasteiger partial charge is 0.497 e. The third kappa shape index (κ3) is 6.07. The van der Waals surface area contributed by atoms with Crippen molar-refractivity contribution in [2.24, 2.45) is 0 Å². The number of carbonyl (C=O) groups is 1. The Labute approximate surface area is 165 Å². The van der Waals surface area contributed by atoms with E-state index in [2.05, 4.69) is 5.32 Å². The molecule has 2 aromatic carbocycles. The van der Waals surface area contributed by atoms with Crippen LogP contribution in [0, 0.1) is 13.8 Å². The normalized spacial score (nSPS) is 12.8. The first kappa shape index (κ1) is 20.9. The first-order valence-corrected chi connectivity index (χ1v) is 9.18. The number of hydrogen-bond acceptors (Lipinski definition) is 4. The van der Waals surface area contributed by atoms with Gasteiger partial charge in [0.25, 0.3) is 5.91 Å². The molecule has 0 aliphatic rings. The van der Waals surface area contributed by atoms with Crippen molar-refractivity contribution < 1.29 is 19.0 Å². The average molecular weight is 392 g/mol. The zero-order valence-corrected chi connectivity index (χ0v) is 17.1. The number of amides is 1. The van der Waals surface area contributed by atoms with Crippen molar-refractivity contribution in [3.05, 3.63) is 52.5 Å². The molecule has 0 aromatic heterocycles. The number of ether oxygens (including phenoxy) is 3. The molecule has 5 nitrogen and oxygen atoms in total. The summed E-state index contributed by atoms with van der Waals surface area (Å²) >= 11 is 6.16. The third-order valence-electron chi connectivity index (χ3n) is 4.04. The maximum atomic E-state index is 12.4. The van der Waals surface area contributed by atoms with E-state index in [-0.39, 0.29) is 11.9 Å². The molecule has 27 heavy (non-hydrogen) atoms. The molecule has 0 aliphatic carbocycles. The topological polar surface area (TPSA) is 56.8 Å². The fraction of sp³-hybridized carbons (Fsp3) is 0.381. The predicted octanol–water partition coefficient (Wildman–Crippen LogP) is 4.32. The summed E-state index contributed by atoms with van der Waals surface area (Å²) in [5.74, 6) is 1.90. The van der Waals surface area contributed by atoms with E-state index in [9.17, 15) is 4.79 Å². The molecule has 0 bridgehead atoms. The van der Waals surface area contributed by atoms with Crippen molar-refractivity contribution in [1.82, 2.24) is 5.32 Å². The van der Waals surface area contributed by atoms with Crippen LogP contribution >= 0.6 is 11.6 Å². The van der Waals surface area contributed by atoms with Gasteiger partial charge in [0.1, 0.15) is 23.9 Å². The first-order valence-electron chi connectivity index (χ1n) is 8.80. The van der Waals surface area contributed by atoms with Crippen molar-refractivity contribution in [3.63, 3.8) is 0 Å². The van der Waals surface area contributed by atoms with Crippen LogP contribution in [-0.4, -0.2) is 31.8 Å². The van der Waals surface area contributed by atoms with Crippen LogP contribution in [0.25, 0.3) is 0 Å². The van der Waals surface area contributed by atoms with Crippen LogP contribution in [0.2, 0.25) is 5.02 Å². The minimum absolute atomic E-state index is 0.167. The lowest BCUT2D eigenvalue weighted by molar-refractivity contribution is -0.128. The Morgan fingerprint density at radius 2 is 1.59 bits per heavy atom. The van der Waals surface area contributed by atoms with E-state index < -0.39 is 6.10 Å². The van der Waals surface area contributed by atoms with Gasteiger partial charge in [0.2, 0.25) is 0 Å². The Morgan fingerprint density at radius 3 is 2.15 bits per heavy atom. The standard InChI is InChI=1S/C21H26ClNO4/c1-13-10-19(11-14(2)20(13)22)27-16(4)21(24)23-15(3)12-26-18-8-6-17(25-5)7-9-18/h6-11,15-16H,12H2,1-5H3,(H,23,24)/t15-,16+/m1/s1. The summed E-state index contributed by atoms with van der Waals surface area (Å²) < 4.78 is 16.6. The average Bonchev–Trinajstić information content (AvgIpc) is 2.64. The zero-order valence-electron chi connectivity index (χ0n) is 16.3. The van der Waals surface area contributed by atoms with Crippen LogP contribution in [0.4, 0.5) is 0 Å². The molecule has 0 fully saturated rings. The maximum Gasteiger partial charge on any atom is 0.261 e. The van der Waals surface area contributed by atoms with Gasteiger partial charge in [-0.2, -0.15) is 0 Å². The number of halogens is 1. The summed E-state index contributed by atoms with van der Waals surface area (Å²) in [5, 5.41) is 3.61. The number of aryl methyl sites for hydroxylation is 2. The molecule has 0 aliphatic heterocycles. The summed E-state index contributed by atoms with van der Waals surface area (Å²) in [6, 6.07) is 10.8. The Balaban J connectivity index is 1.84. The summed E-state index contributed by atoms with van der Waals surface area (Å²) in [7, 11) is 1.61. The highest BCUT2D eigenvalue weighted by Gasteiger charge is 2.18. The van der Waals surface area contributed by atoms with Gasteiger partial charge in [0.15, 0.2) is 6.10 Å². The number of rotatable bonds is 8. The van der Waals surface area contributed by atoms with Crippen molar-refractivity contribution >= 4 is 17.5 Å². The molecule has 1 amide bonds.